The van der Waals surface area contributed by atoms with Gasteiger partial charge in [-0.3, -0.25) is 19.6 Å². The largest absolute Gasteiger partial charge is 0.381 e. The summed E-state index contributed by atoms with van der Waals surface area (Å²) in [5.74, 6) is -0.214. The fourth-order valence-electron chi connectivity index (χ4n) is 2.19. The zero-order chi connectivity index (χ0) is 17.1. The Bertz CT molecular complexity index is 772. The van der Waals surface area contributed by atoms with Gasteiger partial charge in [-0.05, 0) is 31.0 Å². The normalized spacial score (nSPS) is 13.5. The van der Waals surface area contributed by atoms with Crippen molar-refractivity contribution in [1.82, 2.24) is 9.78 Å². The third-order valence-corrected chi connectivity index (χ3v) is 3.83. The monoisotopic (exact) mass is 349 g/mol. The van der Waals surface area contributed by atoms with Crippen molar-refractivity contribution in [2.75, 3.05) is 10.6 Å². The molecule has 0 atom stereocenters. The first kappa shape index (κ1) is 16.3. The Morgan fingerprint density at radius 2 is 2.21 bits per heavy atom. The average molecular weight is 350 g/mol. The summed E-state index contributed by atoms with van der Waals surface area (Å²) in [5, 5.41) is 21.2. The predicted molar refractivity (Wildman–Crippen MR) is 90.2 cm³/mol. The summed E-state index contributed by atoms with van der Waals surface area (Å²) >= 11 is 6.00. The Morgan fingerprint density at radius 1 is 1.42 bits per heavy atom. The number of rotatable bonds is 7. The van der Waals surface area contributed by atoms with E-state index in [0.717, 1.165) is 24.7 Å². The highest BCUT2D eigenvalue weighted by atomic mass is 35.5. The number of carbonyl (C=O) groups is 1. The van der Waals surface area contributed by atoms with Crippen molar-refractivity contribution in [3.05, 3.63) is 45.7 Å². The summed E-state index contributed by atoms with van der Waals surface area (Å²) in [7, 11) is 0. The molecule has 0 spiro atoms. The Morgan fingerprint density at radius 3 is 2.88 bits per heavy atom. The van der Waals surface area contributed by atoms with E-state index in [2.05, 4.69) is 15.7 Å². The Balaban J connectivity index is 1.59. The van der Waals surface area contributed by atoms with Crippen LogP contribution in [0.5, 0.6) is 0 Å². The molecule has 0 bridgehead atoms. The topological polar surface area (TPSA) is 102 Å². The van der Waals surface area contributed by atoms with Gasteiger partial charge in [0.1, 0.15) is 12.4 Å². The SMILES string of the molecule is O=C(CCn1cc([N+](=O)[O-])cn1)Nc1cc(Cl)ccc1NC1CC1. The number of nitrogens with one attached hydrogen (secondary N) is 2. The number of halogens is 1. The second kappa shape index (κ2) is 6.88. The molecule has 24 heavy (non-hydrogen) atoms. The molecule has 0 aliphatic heterocycles. The first-order valence-electron chi connectivity index (χ1n) is 7.54. The number of amides is 1. The number of hydrogen-bond donors (Lipinski definition) is 2. The first-order chi connectivity index (χ1) is 11.5. The van der Waals surface area contributed by atoms with Crippen molar-refractivity contribution in [3.8, 4) is 0 Å². The smallest absolute Gasteiger partial charge is 0.306 e. The molecule has 0 radical (unpaired) electrons. The highest BCUT2D eigenvalue weighted by Gasteiger charge is 2.22. The van der Waals surface area contributed by atoms with Gasteiger partial charge >= 0.3 is 5.69 Å². The van der Waals surface area contributed by atoms with Crippen LogP contribution in [0.15, 0.2) is 30.6 Å². The zero-order valence-electron chi connectivity index (χ0n) is 12.7. The van der Waals surface area contributed by atoms with Gasteiger partial charge in [-0.15, -0.1) is 0 Å². The molecular weight excluding hydrogens is 334 g/mol. The minimum absolute atomic E-state index is 0.0961. The quantitative estimate of drug-likeness (QED) is 0.590. The number of aromatic nitrogens is 2. The third kappa shape index (κ3) is 4.23. The van der Waals surface area contributed by atoms with Crippen molar-refractivity contribution < 1.29 is 9.72 Å². The van der Waals surface area contributed by atoms with Gasteiger partial charge in [-0.2, -0.15) is 5.10 Å². The summed E-state index contributed by atoms with van der Waals surface area (Å²) in [6.45, 7) is 0.256. The lowest BCUT2D eigenvalue weighted by Crippen LogP contribution is -2.16. The number of hydrogen-bond acceptors (Lipinski definition) is 5. The van der Waals surface area contributed by atoms with E-state index in [0.29, 0.717) is 16.8 Å². The van der Waals surface area contributed by atoms with Crippen LogP contribution in [0.3, 0.4) is 0 Å². The fraction of sp³-hybridized carbons (Fsp3) is 0.333. The summed E-state index contributed by atoms with van der Waals surface area (Å²) in [6.07, 6.45) is 4.84. The van der Waals surface area contributed by atoms with E-state index in [-0.39, 0.29) is 24.6 Å². The highest BCUT2D eigenvalue weighted by molar-refractivity contribution is 6.31. The lowest BCUT2D eigenvalue weighted by atomic mass is 10.2. The molecule has 1 heterocycles. The predicted octanol–water partition coefficient (Wildman–Crippen LogP) is 3.05. The van der Waals surface area contributed by atoms with Gasteiger partial charge in [-0.1, -0.05) is 11.6 Å². The Hall–Kier alpha value is -2.61. The maximum absolute atomic E-state index is 12.1. The lowest BCUT2D eigenvalue weighted by Gasteiger charge is -2.13. The number of nitrogens with zero attached hydrogens (tertiary/aromatic N) is 3. The van der Waals surface area contributed by atoms with Gasteiger partial charge < -0.3 is 10.6 Å². The standard InChI is InChI=1S/C15H16ClN5O3/c16-10-1-4-13(18-11-2-3-11)14(7-10)19-15(22)5-6-20-9-12(8-17-20)21(23)24/h1,4,7-9,11,18H,2-3,5-6H2,(H,19,22). The molecule has 1 aromatic carbocycles. The molecule has 8 nitrogen and oxygen atoms in total. The molecule has 0 saturated heterocycles. The molecule has 126 valence electrons. The van der Waals surface area contributed by atoms with E-state index in [1.807, 2.05) is 6.07 Å². The van der Waals surface area contributed by atoms with E-state index >= 15 is 0 Å². The van der Waals surface area contributed by atoms with E-state index in [4.69, 9.17) is 11.6 Å². The number of carbonyl (C=O) groups excluding carboxylic acids is 1. The van der Waals surface area contributed by atoms with Crippen LogP contribution in [0.2, 0.25) is 5.02 Å². The van der Waals surface area contributed by atoms with Crippen molar-refractivity contribution >= 4 is 34.6 Å². The van der Waals surface area contributed by atoms with E-state index in [1.54, 1.807) is 12.1 Å². The summed E-state index contributed by atoms with van der Waals surface area (Å²) < 4.78 is 1.37. The second-order valence-corrected chi connectivity index (χ2v) is 6.06. The van der Waals surface area contributed by atoms with Gasteiger partial charge in [-0.25, -0.2) is 0 Å². The van der Waals surface area contributed by atoms with Gasteiger partial charge in [0.05, 0.1) is 16.3 Å². The molecule has 1 saturated carbocycles. The van der Waals surface area contributed by atoms with Gasteiger partial charge in [0.15, 0.2) is 0 Å². The van der Waals surface area contributed by atoms with Crippen LogP contribution in [0.4, 0.5) is 17.1 Å². The van der Waals surface area contributed by atoms with Crippen molar-refractivity contribution in [2.24, 2.45) is 0 Å². The van der Waals surface area contributed by atoms with Gasteiger partial charge in [0.25, 0.3) is 0 Å². The van der Waals surface area contributed by atoms with Crippen LogP contribution >= 0.6 is 11.6 Å². The van der Waals surface area contributed by atoms with E-state index < -0.39 is 4.92 Å². The summed E-state index contributed by atoms with van der Waals surface area (Å²) in [5.41, 5.74) is 1.37. The summed E-state index contributed by atoms with van der Waals surface area (Å²) in [6, 6.07) is 5.76. The molecular formula is C15H16ClN5O3. The molecule has 1 aromatic heterocycles. The molecule has 2 N–H and O–H groups in total. The number of aryl methyl sites for hydroxylation is 1. The van der Waals surface area contributed by atoms with E-state index in [9.17, 15) is 14.9 Å². The lowest BCUT2D eigenvalue weighted by molar-refractivity contribution is -0.385. The molecule has 0 unspecified atom stereocenters. The van der Waals surface area contributed by atoms with Crippen LogP contribution in [-0.2, 0) is 11.3 Å². The first-order valence-corrected chi connectivity index (χ1v) is 7.92. The van der Waals surface area contributed by atoms with Crippen molar-refractivity contribution in [1.29, 1.82) is 0 Å². The molecule has 1 aliphatic rings. The average Bonchev–Trinajstić information content (AvgIpc) is 3.21. The summed E-state index contributed by atoms with van der Waals surface area (Å²) in [4.78, 5) is 22.2. The Kier molecular flexibility index (Phi) is 4.66. The molecule has 1 fully saturated rings. The second-order valence-electron chi connectivity index (χ2n) is 5.63. The molecule has 1 aliphatic carbocycles. The fourth-order valence-corrected chi connectivity index (χ4v) is 2.36. The Labute approximate surface area is 142 Å². The highest BCUT2D eigenvalue weighted by Crippen LogP contribution is 2.31. The van der Waals surface area contributed by atoms with Gasteiger partial charge in [0, 0.05) is 24.0 Å². The van der Waals surface area contributed by atoms with Crippen LogP contribution < -0.4 is 10.6 Å². The molecule has 3 rings (SSSR count). The minimum atomic E-state index is -0.522. The zero-order valence-corrected chi connectivity index (χ0v) is 13.5. The minimum Gasteiger partial charge on any atom is -0.381 e. The maximum atomic E-state index is 12.1. The van der Waals surface area contributed by atoms with Crippen molar-refractivity contribution in [3.63, 3.8) is 0 Å². The van der Waals surface area contributed by atoms with Gasteiger partial charge in [0.2, 0.25) is 5.91 Å². The molecule has 9 heteroatoms. The molecule has 1 amide bonds. The number of benzene rings is 1. The van der Waals surface area contributed by atoms with Crippen LogP contribution in [0.1, 0.15) is 19.3 Å². The maximum Gasteiger partial charge on any atom is 0.306 e. The van der Waals surface area contributed by atoms with Crippen LogP contribution in [0, 0.1) is 10.1 Å². The number of nitro groups is 1. The molecule has 2 aromatic rings. The van der Waals surface area contributed by atoms with E-state index in [1.165, 1.54) is 10.9 Å². The van der Waals surface area contributed by atoms with Crippen molar-refractivity contribution in [2.45, 2.75) is 31.8 Å². The van der Waals surface area contributed by atoms with Crippen LogP contribution in [0.25, 0.3) is 0 Å². The third-order valence-electron chi connectivity index (χ3n) is 3.59. The van der Waals surface area contributed by atoms with Crippen LogP contribution in [-0.4, -0.2) is 26.7 Å². The number of anilines is 2.